The van der Waals surface area contributed by atoms with Gasteiger partial charge in [-0.15, -0.1) is 0 Å². The van der Waals surface area contributed by atoms with Gasteiger partial charge in [0.15, 0.2) is 0 Å². The van der Waals surface area contributed by atoms with E-state index in [1.54, 1.807) is 6.20 Å². The SMILES string of the molecule is CC(C)CCCCNCc1ccn[nH]1. The molecule has 0 bridgehead atoms. The summed E-state index contributed by atoms with van der Waals surface area (Å²) in [6.07, 6.45) is 5.72. The Hall–Kier alpha value is -0.830. The quantitative estimate of drug-likeness (QED) is 0.656. The van der Waals surface area contributed by atoms with E-state index in [9.17, 15) is 0 Å². The summed E-state index contributed by atoms with van der Waals surface area (Å²) >= 11 is 0. The first-order valence-corrected chi connectivity index (χ1v) is 5.48. The lowest BCUT2D eigenvalue weighted by molar-refractivity contribution is 0.519. The largest absolute Gasteiger partial charge is 0.311 e. The third-order valence-electron chi connectivity index (χ3n) is 2.26. The molecule has 1 aromatic heterocycles. The van der Waals surface area contributed by atoms with Crippen LogP contribution in [-0.4, -0.2) is 16.7 Å². The van der Waals surface area contributed by atoms with Gasteiger partial charge < -0.3 is 5.32 Å². The maximum Gasteiger partial charge on any atom is 0.0490 e. The van der Waals surface area contributed by atoms with Crippen molar-refractivity contribution in [2.24, 2.45) is 5.92 Å². The molecule has 0 aromatic carbocycles. The van der Waals surface area contributed by atoms with Crippen LogP contribution in [0, 0.1) is 5.92 Å². The topological polar surface area (TPSA) is 40.7 Å². The molecule has 0 amide bonds. The van der Waals surface area contributed by atoms with Gasteiger partial charge >= 0.3 is 0 Å². The maximum absolute atomic E-state index is 3.90. The number of nitrogens with one attached hydrogen (secondary N) is 2. The molecule has 0 fully saturated rings. The Kier molecular flexibility index (Phi) is 5.30. The minimum absolute atomic E-state index is 0.836. The predicted octanol–water partition coefficient (Wildman–Crippen LogP) is 2.33. The zero-order chi connectivity index (χ0) is 10.2. The Bertz CT molecular complexity index is 216. The average Bonchev–Trinajstić information content (AvgIpc) is 2.63. The van der Waals surface area contributed by atoms with Gasteiger partial charge in [0.1, 0.15) is 0 Å². The highest BCUT2D eigenvalue weighted by Crippen LogP contribution is 2.05. The summed E-state index contributed by atoms with van der Waals surface area (Å²) in [7, 11) is 0. The van der Waals surface area contributed by atoms with E-state index in [1.165, 1.54) is 19.3 Å². The fraction of sp³-hybridized carbons (Fsp3) is 0.727. The molecule has 0 aliphatic rings. The molecule has 0 saturated heterocycles. The maximum atomic E-state index is 3.90. The summed E-state index contributed by atoms with van der Waals surface area (Å²) in [4.78, 5) is 0. The van der Waals surface area contributed by atoms with Gasteiger partial charge in [-0.1, -0.05) is 26.7 Å². The van der Waals surface area contributed by atoms with Crippen LogP contribution in [-0.2, 0) is 6.54 Å². The van der Waals surface area contributed by atoms with Gasteiger partial charge in [-0.2, -0.15) is 5.10 Å². The van der Waals surface area contributed by atoms with E-state index in [-0.39, 0.29) is 0 Å². The summed E-state index contributed by atoms with van der Waals surface area (Å²) in [6, 6.07) is 2.00. The van der Waals surface area contributed by atoms with Crippen LogP contribution < -0.4 is 5.32 Å². The number of unbranched alkanes of at least 4 members (excludes halogenated alkanes) is 1. The molecule has 0 aliphatic heterocycles. The second-order valence-electron chi connectivity index (χ2n) is 4.15. The van der Waals surface area contributed by atoms with E-state index in [0.29, 0.717) is 0 Å². The zero-order valence-electron chi connectivity index (χ0n) is 9.21. The van der Waals surface area contributed by atoms with Gasteiger partial charge in [-0.3, -0.25) is 5.10 Å². The Morgan fingerprint density at radius 3 is 2.93 bits per heavy atom. The molecule has 3 heteroatoms. The molecular formula is C11H21N3. The third kappa shape index (κ3) is 5.02. The average molecular weight is 195 g/mol. The second-order valence-corrected chi connectivity index (χ2v) is 4.15. The van der Waals surface area contributed by atoms with Crippen molar-refractivity contribution in [3.8, 4) is 0 Å². The second kappa shape index (κ2) is 6.60. The summed E-state index contributed by atoms with van der Waals surface area (Å²) in [5.74, 6) is 0.836. The smallest absolute Gasteiger partial charge is 0.0490 e. The van der Waals surface area contributed by atoms with E-state index in [4.69, 9.17) is 0 Å². The van der Waals surface area contributed by atoms with E-state index in [0.717, 1.165) is 24.7 Å². The van der Waals surface area contributed by atoms with Crippen molar-refractivity contribution in [3.63, 3.8) is 0 Å². The molecule has 80 valence electrons. The van der Waals surface area contributed by atoms with Crippen molar-refractivity contribution < 1.29 is 0 Å². The van der Waals surface area contributed by atoms with Crippen LogP contribution in [0.3, 0.4) is 0 Å². The monoisotopic (exact) mass is 195 g/mol. The number of H-pyrrole nitrogens is 1. The molecule has 0 radical (unpaired) electrons. The molecule has 0 unspecified atom stereocenters. The Morgan fingerprint density at radius 1 is 1.43 bits per heavy atom. The van der Waals surface area contributed by atoms with Crippen LogP contribution in [0.5, 0.6) is 0 Å². The molecule has 1 rings (SSSR count). The van der Waals surface area contributed by atoms with E-state index in [2.05, 4.69) is 29.4 Å². The minimum Gasteiger partial charge on any atom is -0.311 e. The molecule has 3 nitrogen and oxygen atoms in total. The summed E-state index contributed by atoms with van der Waals surface area (Å²) in [5.41, 5.74) is 1.16. The molecule has 0 aliphatic carbocycles. The highest BCUT2D eigenvalue weighted by molar-refractivity contribution is 4.96. The highest BCUT2D eigenvalue weighted by atomic mass is 15.1. The van der Waals surface area contributed by atoms with Gasteiger partial charge in [-0.05, 0) is 24.9 Å². The minimum atomic E-state index is 0.836. The van der Waals surface area contributed by atoms with Crippen molar-refractivity contribution in [1.82, 2.24) is 15.5 Å². The molecule has 1 aromatic rings. The van der Waals surface area contributed by atoms with Crippen molar-refractivity contribution in [3.05, 3.63) is 18.0 Å². The van der Waals surface area contributed by atoms with E-state index < -0.39 is 0 Å². The third-order valence-corrected chi connectivity index (χ3v) is 2.26. The molecule has 0 spiro atoms. The normalized spacial score (nSPS) is 11.1. The van der Waals surface area contributed by atoms with Gasteiger partial charge in [0.25, 0.3) is 0 Å². The van der Waals surface area contributed by atoms with Crippen molar-refractivity contribution in [1.29, 1.82) is 0 Å². The van der Waals surface area contributed by atoms with Crippen LogP contribution in [0.15, 0.2) is 12.3 Å². The van der Waals surface area contributed by atoms with Gasteiger partial charge in [-0.25, -0.2) is 0 Å². The van der Waals surface area contributed by atoms with Crippen LogP contribution in [0.25, 0.3) is 0 Å². The summed E-state index contributed by atoms with van der Waals surface area (Å²) in [5, 5.41) is 10.2. The number of nitrogens with zero attached hydrogens (tertiary/aromatic N) is 1. The summed E-state index contributed by atoms with van der Waals surface area (Å²) < 4.78 is 0. The molecule has 1 heterocycles. The van der Waals surface area contributed by atoms with Gasteiger partial charge in [0, 0.05) is 18.4 Å². The lowest BCUT2D eigenvalue weighted by Gasteiger charge is -2.05. The van der Waals surface area contributed by atoms with Crippen molar-refractivity contribution >= 4 is 0 Å². The van der Waals surface area contributed by atoms with Crippen molar-refractivity contribution in [2.75, 3.05) is 6.54 Å². The fourth-order valence-corrected chi connectivity index (χ4v) is 1.41. The van der Waals surface area contributed by atoms with Crippen molar-refractivity contribution in [2.45, 2.75) is 39.7 Å². The number of aromatic nitrogens is 2. The molecule has 0 atom stereocenters. The first-order valence-electron chi connectivity index (χ1n) is 5.48. The van der Waals surface area contributed by atoms with Crippen LogP contribution in [0.1, 0.15) is 38.8 Å². The highest BCUT2D eigenvalue weighted by Gasteiger charge is 1.95. The van der Waals surface area contributed by atoms with Gasteiger partial charge in [0.2, 0.25) is 0 Å². The number of aromatic amines is 1. The number of rotatable bonds is 7. The Balaban J connectivity index is 1.90. The fourth-order valence-electron chi connectivity index (χ4n) is 1.41. The first kappa shape index (κ1) is 11.2. The molecular weight excluding hydrogens is 174 g/mol. The molecule has 14 heavy (non-hydrogen) atoms. The van der Waals surface area contributed by atoms with Crippen LogP contribution >= 0.6 is 0 Å². The zero-order valence-corrected chi connectivity index (χ0v) is 9.21. The van der Waals surface area contributed by atoms with Crippen LogP contribution in [0.2, 0.25) is 0 Å². The number of hydrogen-bond acceptors (Lipinski definition) is 2. The lowest BCUT2D eigenvalue weighted by Crippen LogP contribution is -2.15. The predicted molar refractivity (Wildman–Crippen MR) is 59.0 cm³/mol. The lowest BCUT2D eigenvalue weighted by atomic mass is 10.1. The standard InChI is InChI=1S/C11H21N3/c1-10(2)5-3-4-7-12-9-11-6-8-13-14-11/h6,8,10,12H,3-5,7,9H2,1-2H3,(H,13,14). The van der Waals surface area contributed by atoms with E-state index >= 15 is 0 Å². The Labute approximate surface area is 86.3 Å². The van der Waals surface area contributed by atoms with Gasteiger partial charge in [0.05, 0.1) is 0 Å². The first-order chi connectivity index (χ1) is 6.79. The number of hydrogen-bond donors (Lipinski definition) is 2. The van der Waals surface area contributed by atoms with E-state index in [1.807, 2.05) is 6.07 Å². The molecule has 2 N–H and O–H groups in total. The Morgan fingerprint density at radius 2 is 2.29 bits per heavy atom. The van der Waals surface area contributed by atoms with Crippen LogP contribution in [0.4, 0.5) is 0 Å². The molecule has 0 saturated carbocycles. The summed E-state index contributed by atoms with van der Waals surface area (Å²) in [6.45, 7) is 6.56.